The fourth-order valence-corrected chi connectivity index (χ4v) is 1.61. The van der Waals surface area contributed by atoms with Gasteiger partial charge in [-0.15, -0.1) is 12.3 Å². The minimum absolute atomic E-state index is 0.0714. The van der Waals surface area contributed by atoms with Crippen molar-refractivity contribution in [3.05, 3.63) is 36.2 Å². The molecule has 0 bridgehead atoms. The molecule has 1 heterocycles. The number of nitrogens with one attached hydrogen (secondary N) is 1. The molecule has 0 spiro atoms. The summed E-state index contributed by atoms with van der Waals surface area (Å²) in [6, 6.07) is 7.88. The number of hydrogen-bond donors (Lipinski definition) is 1. The van der Waals surface area contributed by atoms with Gasteiger partial charge in [0, 0.05) is 6.42 Å². The van der Waals surface area contributed by atoms with Gasteiger partial charge in [-0.2, -0.15) is 0 Å². The monoisotopic (exact) mass is 211 g/mol. The third-order valence-electron chi connectivity index (χ3n) is 2.49. The highest BCUT2D eigenvalue weighted by Gasteiger charge is 2.10. The first-order chi connectivity index (χ1) is 7.85. The van der Waals surface area contributed by atoms with Crippen molar-refractivity contribution in [1.29, 1.82) is 0 Å². The number of nitrogens with zero attached hydrogens (tertiary/aromatic N) is 2. The van der Waals surface area contributed by atoms with Crippen molar-refractivity contribution in [3.63, 3.8) is 0 Å². The van der Waals surface area contributed by atoms with E-state index in [2.05, 4.69) is 21.2 Å². The lowest BCUT2D eigenvalue weighted by molar-refractivity contribution is 0.594. The van der Waals surface area contributed by atoms with Gasteiger partial charge in [0.05, 0.1) is 29.0 Å². The summed E-state index contributed by atoms with van der Waals surface area (Å²) in [5.41, 5.74) is 2.69. The summed E-state index contributed by atoms with van der Waals surface area (Å²) in [7, 11) is 1.87. The van der Waals surface area contributed by atoms with Gasteiger partial charge in [-0.05, 0) is 19.2 Å². The first-order valence-corrected chi connectivity index (χ1v) is 5.17. The van der Waals surface area contributed by atoms with E-state index in [1.165, 1.54) is 0 Å². The lowest BCUT2D eigenvalue weighted by Crippen LogP contribution is -2.17. The van der Waals surface area contributed by atoms with Crippen LogP contribution in [0.3, 0.4) is 0 Å². The zero-order valence-corrected chi connectivity index (χ0v) is 9.14. The Kier molecular flexibility index (Phi) is 3.13. The van der Waals surface area contributed by atoms with E-state index in [4.69, 9.17) is 6.42 Å². The Morgan fingerprint density at radius 3 is 2.81 bits per heavy atom. The van der Waals surface area contributed by atoms with Crippen LogP contribution in [0.25, 0.3) is 11.0 Å². The van der Waals surface area contributed by atoms with E-state index >= 15 is 0 Å². The van der Waals surface area contributed by atoms with Gasteiger partial charge in [0.15, 0.2) is 0 Å². The molecule has 0 fully saturated rings. The Labute approximate surface area is 94.9 Å². The van der Waals surface area contributed by atoms with E-state index in [1.54, 1.807) is 6.20 Å². The topological polar surface area (TPSA) is 37.8 Å². The zero-order chi connectivity index (χ0) is 11.4. The molecule has 0 amide bonds. The highest BCUT2D eigenvalue weighted by Crippen LogP contribution is 2.15. The molecule has 3 nitrogen and oxygen atoms in total. The molecule has 1 atom stereocenters. The molecule has 3 heteroatoms. The molecular weight excluding hydrogens is 198 g/mol. The molecule has 0 saturated heterocycles. The summed E-state index contributed by atoms with van der Waals surface area (Å²) in [5.74, 6) is 2.63. The standard InChI is InChI=1S/C13H13N3/c1-3-6-10(14-2)13-9-15-11-7-4-5-8-12(11)16-13/h1,4-5,7-10,14H,6H2,2H3. The fraction of sp³-hybridized carbons (Fsp3) is 0.231. The minimum Gasteiger partial charge on any atom is -0.311 e. The van der Waals surface area contributed by atoms with Crippen molar-refractivity contribution in [3.8, 4) is 12.3 Å². The normalized spacial score (nSPS) is 12.2. The summed E-state index contributed by atoms with van der Waals surface area (Å²) < 4.78 is 0. The molecule has 80 valence electrons. The summed E-state index contributed by atoms with van der Waals surface area (Å²) in [5, 5.41) is 3.14. The number of para-hydroxylation sites is 2. The van der Waals surface area contributed by atoms with Gasteiger partial charge in [0.1, 0.15) is 0 Å². The van der Waals surface area contributed by atoms with Crippen LogP contribution in [-0.4, -0.2) is 17.0 Å². The fourth-order valence-electron chi connectivity index (χ4n) is 1.61. The van der Waals surface area contributed by atoms with Crippen molar-refractivity contribution < 1.29 is 0 Å². The average molecular weight is 211 g/mol. The highest BCUT2D eigenvalue weighted by molar-refractivity contribution is 5.73. The second-order valence-electron chi connectivity index (χ2n) is 3.53. The van der Waals surface area contributed by atoms with E-state index in [0.717, 1.165) is 16.7 Å². The van der Waals surface area contributed by atoms with Crippen molar-refractivity contribution in [2.75, 3.05) is 7.05 Å². The summed E-state index contributed by atoms with van der Waals surface area (Å²) in [6.07, 6.45) is 7.71. The lowest BCUT2D eigenvalue weighted by atomic mass is 10.1. The van der Waals surface area contributed by atoms with Crippen LogP contribution in [0, 0.1) is 12.3 Å². The van der Waals surface area contributed by atoms with E-state index in [1.807, 2.05) is 31.3 Å². The molecular formula is C13H13N3. The van der Waals surface area contributed by atoms with Gasteiger partial charge in [-0.3, -0.25) is 4.98 Å². The molecule has 1 aromatic carbocycles. The maximum atomic E-state index is 5.32. The Balaban J connectivity index is 2.42. The van der Waals surface area contributed by atoms with Crippen molar-refractivity contribution >= 4 is 11.0 Å². The molecule has 1 aromatic heterocycles. The van der Waals surface area contributed by atoms with Gasteiger partial charge < -0.3 is 5.32 Å². The maximum Gasteiger partial charge on any atom is 0.0890 e. The van der Waals surface area contributed by atoms with Gasteiger partial charge in [-0.25, -0.2) is 4.98 Å². The smallest absolute Gasteiger partial charge is 0.0890 e. The third-order valence-corrected chi connectivity index (χ3v) is 2.49. The number of hydrogen-bond acceptors (Lipinski definition) is 3. The van der Waals surface area contributed by atoms with Crippen LogP contribution >= 0.6 is 0 Å². The summed E-state index contributed by atoms with van der Waals surface area (Å²) in [6.45, 7) is 0. The van der Waals surface area contributed by atoms with Crippen LogP contribution in [0.1, 0.15) is 18.2 Å². The molecule has 0 aliphatic carbocycles. The second kappa shape index (κ2) is 4.73. The van der Waals surface area contributed by atoms with E-state index in [9.17, 15) is 0 Å². The number of terminal acetylenes is 1. The van der Waals surface area contributed by atoms with E-state index in [0.29, 0.717) is 6.42 Å². The van der Waals surface area contributed by atoms with Crippen molar-refractivity contribution in [1.82, 2.24) is 15.3 Å². The average Bonchev–Trinajstić information content (AvgIpc) is 2.35. The molecule has 2 aromatic rings. The first kappa shape index (κ1) is 10.6. The van der Waals surface area contributed by atoms with E-state index in [-0.39, 0.29) is 6.04 Å². The first-order valence-electron chi connectivity index (χ1n) is 5.17. The maximum absolute atomic E-state index is 5.32. The van der Waals surface area contributed by atoms with Crippen LogP contribution in [0.15, 0.2) is 30.5 Å². The Morgan fingerprint density at radius 2 is 2.12 bits per heavy atom. The van der Waals surface area contributed by atoms with Gasteiger partial charge in [-0.1, -0.05) is 12.1 Å². The summed E-state index contributed by atoms with van der Waals surface area (Å²) >= 11 is 0. The Morgan fingerprint density at radius 1 is 1.38 bits per heavy atom. The lowest BCUT2D eigenvalue weighted by Gasteiger charge is -2.12. The largest absolute Gasteiger partial charge is 0.311 e. The highest BCUT2D eigenvalue weighted by atomic mass is 14.9. The summed E-state index contributed by atoms with van der Waals surface area (Å²) in [4.78, 5) is 8.91. The molecule has 1 N–H and O–H groups in total. The van der Waals surface area contributed by atoms with Crippen molar-refractivity contribution in [2.24, 2.45) is 0 Å². The van der Waals surface area contributed by atoms with Gasteiger partial charge in [0.25, 0.3) is 0 Å². The number of aromatic nitrogens is 2. The van der Waals surface area contributed by atoms with Crippen LogP contribution in [0.2, 0.25) is 0 Å². The molecule has 0 aliphatic rings. The molecule has 0 saturated carbocycles. The van der Waals surface area contributed by atoms with Crippen LogP contribution in [0.5, 0.6) is 0 Å². The quantitative estimate of drug-likeness (QED) is 0.788. The zero-order valence-electron chi connectivity index (χ0n) is 9.14. The molecule has 0 radical (unpaired) electrons. The predicted molar refractivity (Wildman–Crippen MR) is 64.8 cm³/mol. The molecule has 2 rings (SSSR count). The third kappa shape index (κ3) is 2.02. The van der Waals surface area contributed by atoms with Gasteiger partial charge >= 0.3 is 0 Å². The number of benzene rings is 1. The van der Waals surface area contributed by atoms with Crippen LogP contribution in [0.4, 0.5) is 0 Å². The Bertz CT molecular complexity index is 528. The predicted octanol–water partition coefficient (Wildman–Crippen LogP) is 1.91. The molecule has 0 aliphatic heterocycles. The van der Waals surface area contributed by atoms with Crippen LogP contribution < -0.4 is 5.32 Å². The number of rotatable bonds is 3. The van der Waals surface area contributed by atoms with Crippen molar-refractivity contribution in [2.45, 2.75) is 12.5 Å². The minimum atomic E-state index is 0.0714. The van der Waals surface area contributed by atoms with Crippen LogP contribution in [-0.2, 0) is 0 Å². The molecule has 1 unspecified atom stereocenters. The SMILES string of the molecule is C#CCC(NC)c1cnc2ccccc2n1. The number of fused-ring (bicyclic) bond motifs is 1. The van der Waals surface area contributed by atoms with E-state index < -0.39 is 0 Å². The molecule has 16 heavy (non-hydrogen) atoms. The second-order valence-corrected chi connectivity index (χ2v) is 3.53. The Hall–Kier alpha value is -1.92. The van der Waals surface area contributed by atoms with Gasteiger partial charge in [0.2, 0.25) is 0 Å².